The van der Waals surface area contributed by atoms with Crippen molar-refractivity contribution < 1.29 is 37.0 Å². The van der Waals surface area contributed by atoms with E-state index in [-0.39, 0.29) is 31.1 Å². The molecule has 0 spiro atoms. The second-order valence-corrected chi connectivity index (χ2v) is 8.43. The van der Waals surface area contributed by atoms with E-state index in [1.807, 2.05) is 42.5 Å². The van der Waals surface area contributed by atoms with Crippen LogP contribution >= 0.6 is 0 Å². The van der Waals surface area contributed by atoms with Crippen molar-refractivity contribution >= 4 is 12.1 Å². The van der Waals surface area contributed by atoms with Crippen molar-refractivity contribution in [2.24, 2.45) is 0 Å². The summed E-state index contributed by atoms with van der Waals surface area (Å²) in [5.41, 5.74) is 1.54. The Bertz CT molecular complexity index is 1250. The molecule has 3 aromatic carbocycles. The third-order valence-corrected chi connectivity index (χ3v) is 6.01. The fourth-order valence-corrected chi connectivity index (χ4v) is 4.31. The third-order valence-electron chi connectivity index (χ3n) is 6.01. The monoisotopic (exact) mass is 513 g/mol. The first-order valence-corrected chi connectivity index (χ1v) is 11.8. The minimum Gasteiger partial charge on any atom is -0.482 e. The van der Waals surface area contributed by atoms with Crippen LogP contribution in [0.2, 0.25) is 0 Å². The van der Waals surface area contributed by atoms with E-state index in [2.05, 4.69) is 0 Å². The molecule has 194 valence electrons. The quantitative estimate of drug-likeness (QED) is 0.367. The lowest BCUT2D eigenvalue weighted by Gasteiger charge is -2.37. The predicted octanol–water partition coefficient (Wildman–Crippen LogP) is 5.93. The van der Waals surface area contributed by atoms with Gasteiger partial charge < -0.3 is 14.2 Å². The molecule has 4 rings (SSSR count). The smallest absolute Gasteiger partial charge is 0.416 e. The summed E-state index contributed by atoms with van der Waals surface area (Å²) < 4.78 is 57.2. The Hall–Kier alpha value is -4.01. The van der Waals surface area contributed by atoms with E-state index in [0.29, 0.717) is 12.0 Å². The van der Waals surface area contributed by atoms with Gasteiger partial charge in [0.25, 0.3) is 0 Å². The van der Waals surface area contributed by atoms with Gasteiger partial charge in [0.2, 0.25) is 0 Å². The number of fused-ring (bicyclic) bond motifs is 1. The number of amides is 1. The second kappa shape index (κ2) is 11.4. The fraction of sp³-hybridized carbons (Fsp3) is 0.286. The Kier molecular flexibility index (Phi) is 8.01. The van der Waals surface area contributed by atoms with Crippen molar-refractivity contribution in [3.63, 3.8) is 0 Å². The van der Waals surface area contributed by atoms with Crippen molar-refractivity contribution in [1.29, 1.82) is 0 Å². The number of halogens is 3. The number of nitrogens with zero attached hydrogens (tertiary/aromatic N) is 1. The maximum Gasteiger partial charge on any atom is 0.416 e. The molecule has 1 aliphatic heterocycles. The molecule has 9 heteroatoms. The molecule has 1 unspecified atom stereocenters. The van der Waals surface area contributed by atoms with Gasteiger partial charge in [-0.25, -0.2) is 9.59 Å². The molecule has 0 radical (unpaired) electrons. The highest BCUT2D eigenvalue weighted by atomic mass is 19.4. The lowest BCUT2D eigenvalue weighted by Crippen LogP contribution is -2.41. The highest BCUT2D eigenvalue weighted by molar-refractivity contribution is 5.72. The largest absolute Gasteiger partial charge is 0.482 e. The summed E-state index contributed by atoms with van der Waals surface area (Å²) in [6.07, 6.45) is -4.79. The summed E-state index contributed by atoms with van der Waals surface area (Å²) in [5, 5.41) is 0. The molecule has 0 fully saturated rings. The summed E-state index contributed by atoms with van der Waals surface area (Å²) in [6.45, 7) is 1.53. The number of carbonyl (C=O) groups excluding carboxylic acids is 2. The number of hydrogen-bond acceptors (Lipinski definition) is 5. The van der Waals surface area contributed by atoms with E-state index in [0.717, 1.165) is 23.3 Å². The zero-order valence-electron chi connectivity index (χ0n) is 20.2. The number of rotatable bonds is 7. The first kappa shape index (κ1) is 26.1. The Morgan fingerprint density at radius 1 is 0.946 bits per heavy atom. The van der Waals surface area contributed by atoms with Gasteiger partial charge in [-0.2, -0.15) is 13.2 Å². The van der Waals surface area contributed by atoms with Crippen LogP contribution in [0.4, 0.5) is 18.0 Å². The highest BCUT2D eigenvalue weighted by Gasteiger charge is 2.38. The van der Waals surface area contributed by atoms with E-state index in [4.69, 9.17) is 14.2 Å². The molecular formula is C28H26F3NO5. The van der Waals surface area contributed by atoms with Gasteiger partial charge in [0, 0.05) is 12.1 Å². The van der Waals surface area contributed by atoms with Gasteiger partial charge in [0.1, 0.15) is 12.4 Å². The summed E-state index contributed by atoms with van der Waals surface area (Å²) in [4.78, 5) is 26.6. The number of ether oxygens (including phenoxy) is 3. The molecule has 1 heterocycles. The van der Waals surface area contributed by atoms with Crippen LogP contribution in [0, 0.1) is 0 Å². The van der Waals surface area contributed by atoms with Gasteiger partial charge in [-0.15, -0.1) is 0 Å². The molecule has 0 N–H and O–H groups in total. The lowest BCUT2D eigenvalue weighted by atomic mass is 9.87. The molecule has 1 aliphatic rings. The first-order chi connectivity index (χ1) is 17.8. The maximum atomic E-state index is 13.7. The summed E-state index contributed by atoms with van der Waals surface area (Å²) in [6, 6.07) is 18.4. The maximum absolute atomic E-state index is 13.7. The summed E-state index contributed by atoms with van der Waals surface area (Å²) in [7, 11) is 0. The van der Waals surface area contributed by atoms with Crippen molar-refractivity contribution in [1.82, 2.24) is 4.90 Å². The van der Waals surface area contributed by atoms with Crippen LogP contribution in [0.25, 0.3) is 0 Å². The number of alkyl halides is 3. The van der Waals surface area contributed by atoms with E-state index in [9.17, 15) is 22.8 Å². The number of carbonyl (C=O) groups is 2. The lowest BCUT2D eigenvalue weighted by molar-refractivity contribution is -0.145. The number of esters is 1. The van der Waals surface area contributed by atoms with E-state index in [1.54, 1.807) is 19.1 Å². The predicted molar refractivity (Wildman–Crippen MR) is 129 cm³/mol. The van der Waals surface area contributed by atoms with Gasteiger partial charge in [-0.3, -0.25) is 4.90 Å². The van der Waals surface area contributed by atoms with Crippen molar-refractivity contribution in [2.75, 3.05) is 19.8 Å². The van der Waals surface area contributed by atoms with Gasteiger partial charge in [0.05, 0.1) is 18.2 Å². The normalized spacial score (nSPS) is 15.0. The van der Waals surface area contributed by atoms with E-state index >= 15 is 0 Å². The van der Waals surface area contributed by atoms with E-state index in [1.165, 1.54) is 11.0 Å². The molecule has 0 saturated heterocycles. The minimum absolute atomic E-state index is 0.0132. The Morgan fingerprint density at radius 2 is 1.68 bits per heavy atom. The molecule has 0 bridgehead atoms. The molecule has 0 aromatic heterocycles. The Morgan fingerprint density at radius 3 is 2.41 bits per heavy atom. The molecule has 0 aliphatic carbocycles. The van der Waals surface area contributed by atoms with Crippen LogP contribution < -0.4 is 4.74 Å². The average Bonchev–Trinajstić information content (AvgIpc) is 2.90. The van der Waals surface area contributed by atoms with Crippen LogP contribution in [0.1, 0.15) is 40.8 Å². The average molecular weight is 514 g/mol. The Labute approximate surface area is 212 Å². The van der Waals surface area contributed by atoms with Crippen LogP contribution in [0.3, 0.4) is 0 Å². The topological polar surface area (TPSA) is 65.1 Å². The second-order valence-electron chi connectivity index (χ2n) is 8.43. The van der Waals surface area contributed by atoms with Crippen LogP contribution in [-0.4, -0.2) is 36.7 Å². The van der Waals surface area contributed by atoms with Gasteiger partial charge in [0.15, 0.2) is 6.61 Å². The molecule has 0 saturated carbocycles. The van der Waals surface area contributed by atoms with Crippen molar-refractivity contribution in [2.45, 2.75) is 32.2 Å². The van der Waals surface area contributed by atoms with Gasteiger partial charge >= 0.3 is 18.2 Å². The summed E-state index contributed by atoms with van der Waals surface area (Å²) in [5.74, 6) is -0.611. The zero-order valence-corrected chi connectivity index (χ0v) is 20.2. The molecule has 3 aromatic rings. The number of hydrogen-bond donors (Lipinski definition) is 0. The third kappa shape index (κ3) is 6.22. The summed E-state index contributed by atoms with van der Waals surface area (Å²) >= 11 is 0. The van der Waals surface area contributed by atoms with Crippen molar-refractivity contribution in [3.05, 3.63) is 101 Å². The SMILES string of the molecule is CCOC(=O)COc1ccc(C(F)(F)F)cc1C1c2ccccc2CCN1C(=O)OCc1ccccc1. The molecule has 1 amide bonds. The van der Waals surface area contributed by atoms with Gasteiger partial charge in [-0.05, 0) is 48.2 Å². The van der Waals surface area contributed by atoms with Crippen LogP contribution in [0.15, 0.2) is 72.8 Å². The molecule has 37 heavy (non-hydrogen) atoms. The van der Waals surface area contributed by atoms with Gasteiger partial charge in [-0.1, -0.05) is 54.6 Å². The standard InChI is InChI=1S/C28H26F3NO5/c1-2-35-25(33)18-36-24-13-12-21(28(29,30)31)16-23(24)26-22-11-7-6-10-20(22)14-15-32(26)27(34)37-17-19-8-4-3-5-9-19/h3-13,16,26H,2,14-15,17-18H2,1H3. The van der Waals surface area contributed by atoms with Crippen LogP contribution in [-0.2, 0) is 33.5 Å². The Balaban J connectivity index is 1.74. The zero-order chi connectivity index (χ0) is 26.4. The molecule has 6 nitrogen and oxygen atoms in total. The highest BCUT2D eigenvalue weighted by Crippen LogP contribution is 2.42. The molecule has 1 atom stereocenters. The first-order valence-electron chi connectivity index (χ1n) is 11.8. The van der Waals surface area contributed by atoms with Crippen molar-refractivity contribution in [3.8, 4) is 5.75 Å². The molecular weight excluding hydrogens is 487 g/mol. The minimum atomic E-state index is -4.62. The van der Waals surface area contributed by atoms with E-state index < -0.39 is 36.5 Å². The fourth-order valence-electron chi connectivity index (χ4n) is 4.31. The number of benzene rings is 3. The van der Waals surface area contributed by atoms with Crippen LogP contribution in [0.5, 0.6) is 5.75 Å².